The van der Waals surface area contributed by atoms with E-state index in [1.165, 1.54) is 5.57 Å². The van der Waals surface area contributed by atoms with E-state index < -0.39 is 0 Å². The van der Waals surface area contributed by atoms with Crippen LogP contribution in [0.5, 0.6) is 11.5 Å². The molecule has 1 unspecified atom stereocenters. The number of hydrogen-bond donors (Lipinski definition) is 1. The average molecular weight is 249 g/mol. The molecule has 3 nitrogen and oxygen atoms in total. The minimum atomic E-state index is 0.156. The predicted octanol–water partition coefficient (Wildman–Crippen LogP) is 3.32. The molecule has 3 heteroatoms. The van der Waals surface area contributed by atoms with Gasteiger partial charge in [-0.25, -0.2) is 0 Å². The first-order chi connectivity index (χ1) is 8.67. The Hall–Kier alpha value is -1.48. The van der Waals surface area contributed by atoms with Gasteiger partial charge in [0.15, 0.2) is 0 Å². The summed E-state index contributed by atoms with van der Waals surface area (Å²) in [6.45, 7) is 6.20. The summed E-state index contributed by atoms with van der Waals surface area (Å²) < 4.78 is 10.9. The van der Waals surface area contributed by atoms with Crippen molar-refractivity contribution in [2.45, 2.75) is 25.8 Å². The minimum Gasteiger partial charge on any atom is -0.496 e. The highest BCUT2D eigenvalue weighted by Gasteiger charge is 2.19. The fourth-order valence-corrected chi connectivity index (χ4v) is 2.00. The van der Waals surface area contributed by atoms with E-state index in [0.29, 0.717) is 0 Å². The Kier molecular flexibility index (Phi) is 5.72. The monoisotopic (exact) mass is 249 g/mol. The number of nitrogens with one attached hydrogen (secondary N) is 1. The maximum atomic E-state index is 5.44. The molecule has 0 aliphatic carbocycles. The van der Waals surface area contributed by atoms with Crippen LogP contribution >= 0.6 is 0 Å². The normalized spacial score (nSPS) is 12.0. The minimum absolute atomic E-state index is 0.156. The van der Waals surface area contributed by atoms with E-state index in [-0.39, 0.29) is 6.04 Å². The molecular weight excluding hydrogens is 226 g/mol. The Labute approximate surface area is 110 Å². The lowest BCUT2D eigenvalue weighted by molar-refractivity contribution is 0.372. The summed E-state index contributed by atoms with van der Waals surface area (Å²) in [5.41, 5.74) is 2.27. The lowest BCUT2D eigenvalue weighted by atomic mass is 9.97. The fraction of sp³-hybridized carbons (Fsp3) is 0.467. The zero-order valence-electron chi connectivity index (χ0n) is 11.7. The van der Waals surface area contributed by atoms with Crippen LogP contribution in [0.3, 0.4) is 0 Å². The van der Waals surface area contributed by atoms with E-state index >= 15 is 0 Å². The van der Waals surface area contributed by atoms with Gasteiger partial charge in [0.25, 0.3) is 0 Å². The van der Waals surface area contributed by atoms with E-state index in [2.05, 4.69) is 18.8 Å². The molecule has 0 aromatic heterocycles. The summed E-state index contributed by atoms with van der Waals surface area (Å²) in [6.07, 6.45) is 1.86. The van der Waals surface area contributed by atoms with Gasteiger partial charge in [0.2, 0.25) is 0 Å². The number of hydrogen-bond acceptors (Lipinski definition) is 3. The van der Waals surface area contributed by atoms with Gasteiger partial charge in [0.05, 0.1) is 19.8 Å². The van der Waals surface area contributed by atoms with Gasteiger partial charge >= 0.3 is 0 Å². The molecule has 0 heterocycles. The van der Waals surface area contributed by atoms with E-state index in [1.54, 1.807) is 14.2 Å². The highest BCUT2D eigenvalue weighted by atomic mass is 16.5. The third kappa shape index (κ3) is 3.26. The Morgan fingerprint density at radius 1 is 1.28 bits per heavy atom. The van der Waals surface area contributed by atoms with Crippen molar-refractivity contribution in [3.05, 3.63) is 35.9 Å². The zero-order chi connectivity index (χ0) is 13.5. The Bertz CT molecular complexity index is 379. The molecule has 0 fully saturated rings. The Balaban J connectivity index is 3.13. The van der Waals surface area contributed by atoms with Crippen LogP contribution in [0, 0.1) is 0 Å². The zero-order valence-corrected chi connectivity index (χ0v) is 11.7. The molecule has 1 atom stereocenters. The Morgan fingerprint density at radius 3 is 2.22 bits per heavy atom. The molecule has 0 amide bonds. The second kappa shape index (κ2) is 7.07. The second-order valence-corrected chi connectivity index (χ2v) is 4.23. The van der Waals surface area contributed by atoms with Gasteiger partial charge in [0, 0.05) is 6.04 Å². The topological polar surface area (TPSA) is 30.5 Å². The van der Waals surface area contributed by atoms with Gasteiger partial charge in [-0.05, 0) is 32.0 Å². The second-order valence-electron chi connectivity index (χ2n) is 4.23. The summed E-state index contributed by atoms with van der Waals surface area (Å²) in [5.74, 6) is 1.69. The molecule has 1 aromatic carbocycles. The van der Waals surface area contributed by atoms with Gasteiger partial charge in [-0.1, -0.05) is 25.1 Å². The maximum Gasteiger partial charge on any atom is 0.127 e. The van der Waals surface area contributed by atoms with Crippen LogP contribution in [0.1, 0.15) is 31.4 Å². The Morgan fingerprint density at radius 2 is 1.83 bits per heavy atom. The molecule has 0 saturated carbocycles. The van der Waals surface area contributed by atoms with Crippen molar-refractivity contribution in [1.82, 2.24) is 5.32 Å². The number of benzene rings is 1. The quantitative estimate of drug-likeness (QED) is 0.752. The molecule has 0 bridgehead atoms. The van der Waals surface area contributed by atoms with Gasteiger partial charge in [-0.15, -0.1) is 0 Å². The lowest BCUT2D eigenvalue weighted by Crippen LogP contribution is -2.18. The van der Waals surface area contributed by atoms with E-state index in [0.717, 1.165) is 29.9 Å². The van der Waals surface area contributed by atoms with Crippen LogP contribution in [-0.2, 0) is 0 Å². The molecular formula is C15H23NO2. The van der Waals surface area contributed by atoms with Crippen LogP contribution in [0.15, 0.2) is 30.4 Å². The van der Waals surface area contributed by atoms with E-state index in [1.807, 2.05) is 25.2 Å². The van der Waals surface area contributed by atoms with E-state index in [9.17, 15) is 0 Å². The highest BCUT2D eigenvalue weighted by molar-refractivity contribution is 5.47. The molecule has 0 saturated heterocycles. The van der Waals surface area contributed by atoms with Crippen LogP contribution in [0.25, 0.3) is 0 Å². The molecule has 18 heavy (non-hydrogen) atoms. The molecule has 0 aliphatic rings. The highest BCUT2D eigenvalue weighted by Crippen LogP contribution is 2.36. The van der Waals surface area contributed by atoms with Crippen LogP contribution in [0.2, 0.25) is 0 Å². The molecule has 0 radical (unpaired) electrons. The average Bonchev–Trinajstić information content (AvgIpc) is 2.43. The molecule has 0 aliphatic heterocycles. The van der Waals surface area contributed by atoms with Crippen LogP contribution < -0.4 is 14.8 Å². The lowest BCUT2D eigenvalue weighted by Gasteiger charge is -2.22. The van der Waals surface area contributed by atoms with Crippen LogP contribution in [0.4, 0.5) is 0 Å². The maximum absolute atomic E-state index is 5.44. The summed E-state index contributed by atoms with van der Waals surface area (Å²) in [4.78, 5) is 0. The number of ether oxygens (including phenoxy) is 2. The summed E-state index contributed by atoms with van der Waals surface area (Å²) in [7, 11) is 5.30. The summed E-state index contributed by atoms with van der Waals surface area (Å²) in [5, 5.41) is 3.31. The van der Waals surface area contributed by atoms with Crippen molar-refractivity contribution in [2.75, 3.05) is 21.3 Å². The summed E-state index contributed by atoms with van der Waals surface area (Å²) >= 11 is 0. The molecule has 1 aromatic rings. The van der Waals surface area contributed by atoms with Gasteiger partial charge < -0.3 is 14.8 Å². The third-order valence-corrected chi connectivity index (χ3v) is 3.16. The first-order valence-electron chi connectivity index (χ1n) is 6.22. The van der Waals surface area contributed by atoms with E-state index in [4.69, 9.17) is 9.47 Å². The van der Waals surface area contributed by atoms with Crippen LogP contribution in [-0.4, -0.2) is 21.3 Å². The third-order valence-electron chi connectivity index (χ3n) is 3.16. The van der Waals surface area contributed by atoms with Crippen molar-refractivity contribution >= 4 is 0 Å². The predicted molar refractivity (Wildman–Crippen MR) is 75.4 cm³/mol. The van der Waals surface area contributed by atoms with Crippen molar-refractivity contribution < 1.29 is 9.47 Å². The number of rotatable bonds is 7. The van der Waals surface area contributed by atoms with Gasteiger partial charge in [-0.2, -0.15) is 0 Å². The smallest absolute Gasteiger partial charge is 0.127 e. The fourth-order valence-electron chi connectivity index (χ4n) is 2.00. The van der Waals surface area contributed by atoms with Gasteiger partial charge in [-0.3, -0.25) is 0 Å². The SMILES string of the molecule is C=C(CC)CC(NC)c1c(OC)cccc1OC. The first kappa shape index (κ1) is 14.6. The molecule has 1 N–H and O–H groups in total. The van der Waals surface area contributed by atoms with Crippen molar-refractivity contribution in [3.63, 3.8) is 0 Å². The van der Waals surface area contributed by atoms with Crippen molar-refractivity contribution in [2.24, 2.45) is 0 Å². The molecule has 0 spiro atoms. The van der Waals surface area contributed by atoms with Crippen molar-refractivity contribution in [1.29, 1.82) is 0 Å². The molecule has 100 valence electrons. The van der Waals surface area contributed by atoms with Gasteiger partial charge in [0.1, 0.15) is 11.5 Å². The molecule has 1 rings (SSSR count). The standard InChI is InChI=1S/C15H23NO2/c1-6-11(2)10-12(16-3)15-13(17-4)8-7-9-14(15)18-5/h7-9,12,16H,2,6,10H2,1,3-5H3. The number of methoxy groups -OCH3 is 2. The summed E-state index contributed by atoms with van der Waals surface area (Å²) in [6, 6.07) is 6.00. The first-order valence-corrected chi connectivity index (χ1v) is 6.22. The largest absolute Gasteiger partial charge is 0.496 e. The van der Waals surface area contributed by atoms with Crippen molar-refractivity contribution in [3.8, 4) is 11.5 Å².